The molecule has 0 aliphatic carbocycles. The second-order valence-corrected chi connectivity index (χ2v) is 8.07. The average molecular weight is 383 g/mol. The molecule has 0 atom stereocenters. The van der Waals surface area contributed by atoms with Gasteiger partial charge in [-0.05, 0) is 37.3 Å². The zero-order chi connectivity index (χ0) is 18.0. The van der Waals surface area contributed by atoms with Crippen molar-refractivity contribution in [3.05, 3.63) is 41.0 Å². The molecule has 0 unspecified atom stereocenters. The predicted octanol–water partition coefficient (Wildman–Crippen LogP) is 1.96. The molecule has 7 nitrogen and oxygen atoms in total. The Kier molecular flexibility index (Phi) is 5.12. The van der Waals surface area contributed by atoms with Gasteiger partial charge in [-0.15, -0.1) is 5.10 Å². The van der Waals surface area contributed by atoms with Crippen LogP contribution in [0.5, 0.6) is 5.75 Å². The minimum absolute atomic E-state index is 0.168. The van der Waals surface area contributed by atoms with Crippen LogP contribution in [0, 0.1) is 6.92 Å². The zero-order valence-corrected chi connectivity index (χ0v) is 15.6. The molecule has 1 fully saturated rings. The van der Waals surface area contributed by atoms with Crippen molar-refractivity contribution in [1.82, 2.24) is 14.5 Å². The molecule has 1 aromatic heterocycles. The lowest BCUT2D eigenvalue weighted by Gasteiger charge is -2.34. The van der Waals surface area contributed by atoms with Crippen LogP contribution >= 0.6 is 11.6 Å². The quantitative estimate of drug-likeness (QED) is 0.804. The summed E-state index contributed by atoms with van der Waals surface area (Å²) in [4.78, 5) is 2.20. The SMILES string of the molecule is COc1ccc(S(=O)(=O)N2CCN(c3ccc(C)nn3)CC2)cc1Cl. The Morgan fingerprint density at radius 3 is 2.36 bits per heavy atom. The molecule has 0 spiro atoms. The van der Waals surface area contributed by atoms with Gasteiger partial charge in [-0.2, -0.15) is 9.40 Å². The van der Waals surface area contributed by atoms with Crippen LogP contribution in [0.15, 0.2) is 35.2 Å². The number of rotatable bonds is 4. The standard InChI is InChI=1S/C16H19ClN4O3S/c1-12-3-6-16(19-18-12)20-7-9-21(10-8-20)25(22,23)13-4-5-15(24-2)14(17)11-13/h3-6,11H,7-10H2,1-2H3. The van der Waals surface area contributed by atoms with E-state index < -0.39 is 10.0 Å². The van der Waals surface area contributed by atoms with Crippen molar-refractivity contribution in [3.63, 3.8) is 0 Å². The number of methoxy groups -OCH3 is 1. The lowest BCUT2D eigenvalue weighted by Crippen LogP contribution is -2.49. The highest BCUT2D eigenvalue weighted by molar-refractivity contribution is 7.89. The van der Waals surface area contributed by atoms with Gasteiger partial charge in [-0.25, -0.2) is 8.42 Å². The van der Waals surface area contributed by atoms with Gasteiger partial charge in [-0.1, -0.05) is 11.6 Å². The van der Waals surface area contributed by atoms with Gasteiger partial charge >= 0.3 is 0 Å². The maximum atomic E-state index is 12.8. The Hall–Kier alpha value is -1.90. The smallest absolute Gasteiger partial charge is 0.243 e. The molecule has 134 valence electrons. The number of hydrogen-bond acceptors (Lipinski definition) is 6. The van der Waals surface area contributed by atoms with Gasteiger partial charge in [0.15, 0.2) is 5.82 Å². The van der Waals surface area contributed by atoms with Crippen molar-refractivity contribution < 1.29 is 13.2 Å². The number of piperazine rings is 1. The van der Waals surface area contributed by atoms with Gasteiger partial charge < -0.3 is 9.64 Å². The van der Waals surface area contributed by atoms with E-state index in [-0.39, 0.29) is 9.92 Å². The molecule has 9 heteroatoms. The minimum atomic E-state index is -3.59. The number of benzene rings is 1. The summed E-state index contributed by atoms with van der Waals surface area (Å²) < 4.78 is 32.1. The molecule has 1 aromatic carbocycles. The molecule has 0 N–H and O–H groups in total. The summed E-state index contributed by atoms with van der Waals surface area (Å²) >= 11 is 6.06. The van der Waals surface area contributed by atoms with Gasteiger partial charge in [0.1, 0.15) is 5.75 Å². The fourth-order valence-electron chi connectivity index (χ4n) is 2.67. The van der Waals surface area contributed by atoms with Crippen molar-refractivity contribution in [3.8, 4) is 5.75 Å². The van der Waals surface area contributed by atoms with Crippen LogP contribution in [-0.2, 0) is 10.0 Å². The van der Waals surface area contributed by atoms with Crippen LogP contribution in [0.4, 0.5) is 5.82 Å². The van der Waals surface area contributed by atoms with E-state index in [1.165, 1.54) is 23.5 Å². The first kappa shape index (κ1) is 17.9. The maximum Gasteiger partial charge on any atom is 0.243 e. The molecule has 1 aliphatic heterocycles. The first-order valence-corrected chi connectivity index (χ1v) is 9.62. The van der Waals surface area contributed by atoms with Gasteiger partial charge in [0.2, 0.25) is 10.0 Å². The van der Waals surface area contributed by atoms with E-state index in [0.29, 0.717) is 31.9 Å². The molecule has 2 heterocycles. The van der Waals surface area contributed by atoms with Gasteiger partial charge in [-0.3, -0.25) is 0 Å². The maximum absolute atomic E-state index is 12.8. The molecule has 0 radical (unpaired) electrons. The van der Waals surface area contributed by atoms with Crippen molar-refractivity contribution >= 4 is 27.4 Å². The van der Waals surface area contributed by atoms with Crippen LogP contribution < -0.4 is 9.64 Å². The molecular weight excluding hydrogens is 364 g/mol. The van der Waals surface area contributed by atoms with Crippen LogP contribution in [0.2, 0.25) is 5.02 Å². The van der Waals surface area contributed by atoms with Gasteiger partial charge in [0, 0.05) is 26.2 Å². The van der Waals surface area contributed by atoms with Crippen molar-refractivity contribution in [2.45, 2.75) is 11.8 Å². The molecule has 0 bridgehead atoms. The number of aromatic nitrogens is 2. The highest BCUT2D eigenvalue weighted by Gasteiger charge is 2.29. The van der Waals surface area contributed by atoms with Crippen LogP contribution in [0.1, 0.15) is 5.69 Å². The highest BCUT2D eigenvalue weighted by atomic mass is 35.5. The average Bonchev–Trinajstić information content (AvgIpc) is 2.62. The molecule has 1 saturated heterocycles. The Morgan fingerprint density at radius 1 is 1.08 bits per heavy atom. The number of nitrogens with zero attached hydrogens (tertiary/aromatic N) is 4. The molecule has 0 saturated carbocycles. The number of aryl methyl sites for hydroxylation is 1. The molecular formula is C16H19ClN4O3S. The first-order valence-electron chi connectivity index (χ1n) is 7.81. The van der Waals surface area contributed by atoms with E-state index in [4.69, 9.17) is 16.3 Å². The van der Waals surface area contributed by atoms with E-state index in [1.807, 2.05) is 24.0 Å². The Bertz CT molecular complexity index is 850. The third kappa shape index (κ3) is 3.70. The highest BCUT2D eigenvalue weighted by Crippen LogP contribution is 2.29. The number of ether oxygens (including phenoxy) is 1. The van der Waals surface area contributed by atoms with Crippen molar-refractivity contribution in [2.24, 2.45) is 0 Å². The third-order valence-electron chi connectivity index (χ3n) is 4.11. The monoisotopic (exact) mass is 382 g/mol. The van der Waals surface area contributed by atoms with Crippen LogP contribution in [0.25, 0.3) is 0 Å². The first-order chi connectivity index (χ1) is 11.9. The predicted molar refractivity (Wildman–Crippen MR) is 95.7 cm³/mol. The van der Waals surface area contributed by atoms with Gasteiger partial charge in [0.05, 0.1) is 22.7 Å². The normalized spacial score (nSPS) is 16.0. The summed E-state index contributed by atoms with van der Waals surface area (Å²) in [7, 11) is -2.10. The summed E-state index contributed by atoms with van der Waals surface area (Å²) in [5.74, 6) is 1.21. The molecule has 25 heavy (non-hydrogen) atoms. The van der Waals surface area contributed by atoms with Crippen LogP contribution in [0.3, 0.4) is 0 Å². The summed E-state index contributed by atoms with van der Waals surface area (Å²) in [6.07, 6.45) is 0. The summed E-state index contributed by atoms with van der Waals surface area (Å²) in [6.45, 7) is 3.74. The summed E-state index contributed by atoms with van der Waals surface area (Å²) in [6, 6.07) is 8.29. The zero-order valence-electron chi connectivity index (χ0n) is 14.0. The summed E-state index contributed by atoms with van der Waals surface area (Å²) in [5.41, 5.74) is 0.848. The van der Waals surface area contributed by atoms with E-state index in [9.17, 15) is 8.42 Å². The van der Waals surface area contributed by atoms with Gasteiger partial charge in [0.25, 0.3) is 0 Å². The second-order valence-electron chi connectivity index (χ2n) is 5.72. The van der Waals surface area contributed by atoms with Crippen molar-refractivity contribution in [2.75, 3.05) is 38.2 Å². The number of anilines is 1. The van der Waals surface area contributed by atoms with E-state index in [0.717, 1.165) is 11.5 Å². The lowest BCUT2D eigenvalue weighted by atomic mass is 10.3. The van der Waals surface area contributed by atoms with E-state index in [1.54, 1.807) is 6.07 Å². The number of halogens is 1. The minimum Gasteiger partial charge on any atom is -0.495 e. The molecule has 3 rings (SSSR count). The molecule has 0 amide bonds. The Morgan fingerprint density at radius 2 is 1.80 bits per heavy atom. The fourth-order valence-corrected chi connectivity index (χ4v) is 4.45. The molecule has 1 aliphatic rings. The second kappa shape index (κ2) is 7.15. The Balaban J connectivity index is 1.73. The largest absolute Gasteiger partial charge is 0.495 e. The third-order valence-corrected chi connectivity index (χ3v) is 6.30. The Labute approximate surface area is 152 Å². The van der Waals surface area contributed by atoms with Crippen molar-refractivity contribution in [1.29, 1.82) is 0 Å². The summed E-state index contributed by atoms with van der Waals surface area (Å²) in [5, 5.41) is 8.48. The lowest BCUT2D eigenvalue weighted by molar-refractivity contribution is 0.383. The van der Waals surface area contributed by atoms with E-state index in [2.05, 4.69) is 10.2 Å². The van der Waals surface area contributed by atoms with E-state index >= 15 is 0 Å². The molecule has 2 aromatic rings. The fraction of sp³-hybridized carbons (Fsp3) is 0.375. The number of sulfonamides is 1. The number of hydrogen-bond donors (Lipinski definition) is 0. The topological polar surface area (TPSA) is 75.6 Å². The van der Waals surface area contributed by atoms with Crippen LogP contribution in [-0.4, -0.2) is 56.2 Å².